The summed E-state index contributed by atoms with van der Waals surface area (Å²) in [6.45, 7) is 9.48. The number of aryl methyl sites for hydroxylation is 1. The largest absolute Gasteiger partial charge is 0.489 e. The number of rotatable bonds is 5. The highest BCUT2D eigenvalue weighted by Gasteiger charge is 2.23. The first-order valence-electron chi connectivity index (χ1n) is 9.46. The highest BCUT2D eigenvalue weighted by molar-refractivity contribution is 6.32. The second-order valence-electron chi connectivity index (χ2n) is 7.26. The van der Waals surface area contributed by atoms with Crippen molar-refractivity contribution in [3.63, 3.8) is 0 Å². The van der Waals surface area contributed by atoms with Gasteiger partial charge >= 0.3 is 6.09 Å². The quantitative estimate of drug-likeness (QED) is 0.750. The molecule has 150 valence electrons. The second-order valence-corrected chi connectivity index (χ2v) is 7.67. The summed E-state index contributed by atoms with van der Waals surface area (Å²) in [4.78, 5) is 20.4. The average molecular weight is 404 g/mol. The van der Waals surface area contributed by atoms with Crippen molar-refractivity contribution in [1.82, 2.24) is 14.8 Å². The van der Waals surface area contributed by atoms with Gasteiger partial charge in [-0.25, -0.2) is 4.79 Å². The summed E-state index contributed by atoms with van der Waals surface area (Å²) in [5.74, 6) is 1.19. The van der Waals surface area contributed by atoms with Gasteiger partial charge in [0.1, 0.15) is 5.75 Å². The molecule has 3 rings (SSSR count). The molecule has 2 heterocycles. The minimum atomic E-state index is -0.328. The molecular weight excluding hydrogens is 378 g/mol. The first-order chi connectivity index (χ1) is 13.4. The zero-order chi connectivity index (χ0) is 20.1. The third-order valence-corrected chi connectivity index (χ3v) is 4.76. The Bertz CT molecular complexity index is 820. The summed E-state index contributed by atoms with van der Waals surface area (Å²) in [5.41, 5.74) is 2.10. The van der Waals surface area contributed by atoms with E-state index in [2.05, 4.69) is 9.88 Å². The van der Waals surface area contributed by atoms with Crippen LogP contribution in [0.5, 0.6) is 11.5 Å². The Balaban J connectivity index is 1.52. The molecule has 0 saturated carbocycles. The van der Waals surface area contributed by atoms with E-state index >= 15 is 0 Å². The molecule has 0 unspecified atom stereocenters. The van der Waals surface area contributed by atoms with Crippen molar-refractivity contribution in [1.29, 1.82) is 0 Å². The van der Waals surface area contributed by atoms with Gasteiger partial charge in [-0.1, -0.05) is 17.7 Å². The molecule has 0 atom stereocenters. The van der Waals surface area contributed by atoms with Crippen LogP contribution in [0.2, 0.25) is 5.02 Å². The molecular formula is C21H26ClN3O3. The smallest absolute Gasteiger partial charge is 0.415 e. The Morgan fingerprint density at radius 3 is 2.61 bits per heavy atom. The highest BCUT2D eigenvalue weighted by atomic mass is 35.5. The number of pyridine rings is 1. The minimum absolute atomic E-state index is 0.0749. The van der Waals surface area contributed by atoms with Gasteiger partial charge in [0.25, 0.3) is 0 Å². The number of hydrogen-bond donors (Lipinski definition) is 0. The van der Waals surface area contributed by atoms with Crippen molar-refractivity contribution < 1.29 is 14.3 Å². The van der Waals surface area contributed by atoms with Crippen molar-refractivity contribution in [2.75, 3.05) is 26.2 Å². The minimum Gasteiger partial charge on any atom is -0.489 e. The molecule has 1 aromatic carbocycles. The predicted octanol–water partition coefficient (Wildman–Crippen LogP) is 4.15. The van der Waals surface area contributed by atoms with Crippen molar-refractivity contribution in [2.45, 2.75) is 33.4 Å². The van der Waals surface area contributed by atoms with E-state index < -0.39 is 0 Å². The molecule has 0 radical (unpaired) electrons. The molecule has 1 fully saturated rings. The van der Waals surface area contributed by atoms with Crippen LogP contribution >= 0.6 is 11.6 Å². The van der Waals surface area contributed by atoms with E-state index in [-0.39, 0.29) is 12.2 Å². The Labute approximate surface area is 171 Å². The number of piperazine rings is 1. The predicted molar refractivity (Wildman–Crippen MR) is 109 cm³/mol. The summed E-state index contributed by atoms with van der Waals surface area (Å²) in [6.07, 6.45) is 3.03. The SMILES string of the molecule is Cc1cncc(OC(=O)N2CCN(Cc3ccc(Cl)c(OC(C)C)c3)CC2)c1. The molecule has 28 heavy (non-hydrogen) atoms. The van der Waals surface area contributed by atoms with Gasteiger partial charge in [0.2, 0.25) is 0 Å². The normalized spacial score (nSPS) is 15.0. The third kappa shape index (κ3) is 5.59. The molecule has 0 N–H and O–H groups in total. The monoisotopic (exact) mass is 403 g/mol. The fourth-order valence-corrected chi connectivity index (χ4v) is 3.25. The number of nitrogens with zero attached hydrogens (tertiary/aromatic N) is 3. The van der Waals surface area contributed by atoms with E-state index in [1.165, 1.54) is 0 Å². The second kappa shape index (κ2) is 9.26. The van der Waals surface area contributed by atoms with Crippen LogP contribution in [-0.2, 0) is 6.54 Å². The Hall–Kier alpha value is -2.31. The number of benzene rings is 1. The Kier molecular flexibility index (Phi) is 6.75. The first kappa shape index (κ1) is 20.4. The van der Waals surface area contributed by atoms with Gasteiger partial charge in [-0.2, -0.15) is 0 Å². The molecule has 2 aromatic rings. The average Bonchev–Trinajstić information content (AvgIpc) is 2.64. The van der Waals surface area contributed by atoms with E-state index in [0.717, 1.165) is 30.8 Å². The van der Waals surface area contributed by atoms with Crippen LogP contribution in [0.4, 0.5) is 4.79 Å². The van der Waals surface area contributed by atoms with Gasteiger partial charge in [0, 0.05) is 38.9 Å². The van der Waals surface area contributed by atoms with Gasteiger partial charge in [-0.15, -0.1) is 0 Å². The summed E-state index contributed by atoms with van der Waals surface area (Å²) in [5, 5.41) is 0.621. The molecule has 0 bridgehead atoms. The lowest BCUT2D eigenvalue weighted by Crippen LogP contribution is -2.49. The molecule has 1 amide bonds. The van der Waals surface area contributed by atoms with Gasteiger partial charge in [0.15, 0.2) is 5.75 Å². The van der Waals surface area contributed by atoms with Crippen LogP contribution in [0.3, 0.4) is 0 Å². The third-order valence-electron chi connectivity index (χ3n) is 4.45. The van der Waals surface area contributed by atoms with E-state index in [4.69, 9.17) is 21.1 Å². The number of halogens is 1. The topological polar surface area (TPSA) is 54.9 Å². The maximum atomic E-state index is 12.4. The van der Waals surface area contributed by atoms with Crippen LogP contribution in [0.15, 0.2) is 36.7 Å². The Morgan fingerprint density at radius 1 is 1.18 bits per heavy atom. The van der Waals surface area contributed by atoms with Crippen LogP contribution < -0.4 is 9.47 Å². The molecule has 7 heteroatoms. The standard InChI is InChI=1S/C21H26ClN3O3/c1-15(2)27-20-11-17(4-5-19(20)22)14-24-6-8-25(9-7-24)21(26)28-18-10-16(3)12-23-13-18/h4-5,10-13,15H,6-9,14H2,1-3H3. The number of amides is 1. The lowest BCUT2D eigenvalue weighted by Gasteiger charge is -2.34. The fraction of sp³-hybridized carbons (Fsp3) is 0.429. The Morgan fingerprint density at radius 2 is 1.93 bits per heavy atom. The van der Waals surface area contributed by atoms with Crippen molar-refractivity contribution >= 4 is 17.7 Å². The zero-order valence-electron chi connectivity index (χ0n) is 16.5. The van der Waals surface area contributed by atoms with E-state index in [9.17, 15) is 4.79 Å². The maximum Gasteiger partial charge on any atom is 0.415 e. The highest BCUT2D eigenvalue weighted by Crippen LogP contribution is 2.27. The van der Waals surface area contributed by atoms with E-state index in [0.29, 0.717) is 29.6 Å². The number of carbonyl (C=O) groups excluding carboxylic acids is 1. The lowest BCUT2D eigenvalue weighted by atomic mass is 10.2. The maximum absolute atomic E-state index is 12.4. The first-order valence-corrected chi connectivity index (χ1v) is 9.84. The zero-order valence-corrected chi connectivity index (χ0v) is 17.3. The number of carbonyl (C=O) groups is 1. The van der Waals surface area contributed by atoms with Crippen molar-refractivity contribution in [3.8, 4) is 11.5 Å². The van der Waals surface area contributed by atoms with Crippen molar-refractivity contribution in [3.05, 3.63) is 52.8 Å². The van der Waals surface area contributed by atoms with Gasteiger partial charge in [-0.05, 0) is 50.1 Å². The molecule has 1 aliphatic rings. The van der Waals surface area contributed by atoms with Crippen LogP contribution in [-0.4, -0.2) is 53.2 Å². The molecule has 1 aromatic heterocycles. The summed E-state index contributed by atoms with van der Waals surface area (Å²) in [6, 6.07) is 7.69. The number of aromatic nitrogens is 1. The van der Waals surface area contributed by atoms with E-state index in [1.54, 1.807) is 23.4 Å². The molecule has 1 saturated heterocycles. The van der Waals surface area contributed by atoms with Gasteiger partial charge < -0.3 is 14.4 Å². The molecule has 0 spiro atoms. The molecule has 0 aliphatic carbocycles. The number of hydrogen-bond acceptors (Lipinski definition) is 5. The van der Waals surface area contributed by atoms with Crippen LogP contribution in [0.1, 0.15) is 25.0 Å². The lowest BCUT2D eigenvalue weighted by molar-refractivity contribution is 0.108. The molecule has 1 aliphatic heterocycles. The van der Waals surface area contributed by atoms with Crippen LogP contribution in [0, 0.1) is 6.92 Å². The number of ether oxygens (including phenoxy) is 2. The molecule has 6 nitrogen and oxygen atoms in total. The van der Waals surface area contributed by atoms with Gasteiger partial charge in [0.05, 0.1) is 17.3 Å². The van der Waals surface area contributed by atoms with Crippen LogP contribution in [0.25, 0.3) is 0 Å². The van der Waals surface area contributed by atoms with Gasteiger partial charge in [-0.3, -0.25) is 9.88 Å². The fourth-order valence-electron chi connectivity index (χ4n) is 3.09. The van der Waals surface area contributed by atoms with Crippen molar-refractivity contribution in [2.24, 2.45) is 0 Å². The van der Waals surface area contributed by atoms with E-state index in [1.807, 2.05) is 39.0 Å². The summed E-state index contributed by atoms with van der Waals surface area (Å²) in [7, 11) is 0. The summed E-state index contributed by atoms with van der Waals surface area (Å²) >= 11 is 6.21. The summed E-state index contributed by atoms with van der Waals surface area (Å²) < 4.78 is 11.2.